The number of ether oxygens (including phenoxy) is 1. The molecule has 0 saturated heterocycles. The number of nitro benzene ring substituents is 1. The van der Waals surface area contributed by atoms with Crippen LogP contribution in [0, 0.1) is 17.0 Å². The molecule has 0 spiro atoms. The largest absolute Gasteiger partial charge is 0.465 e. The van der Waals surface area contributed by atoms with Crippen LogP contribution in [0.1, 0.15) is 15.9 Å². The summed E-state index contributed by atoms with van der Waals surface area (Å²) in [7, 11) is -2.94. The van der Waals surface area contributed by atoms with E-state index in [0.29, 0.717) is 5.56 Å². The third kappa shape index (κ3) is 4.06. The van der Waals surface area contributed by atoms with Gasteiger partial charge in [-0.15, -0.1) is 0 Å². The molecule has 0 amide bonds. The Kier molecular flexibility index (Phi) is 5.29. The number of sulfonamides is 1. The van der Waals surface area contributed by atoms with E-state index in [2.05, 4.69) is 9.46 Å². The van der Waals surface area contributed by atoms with E-state index in [-0.39, 0.29) is 26.9 Å². The summed E-state index contributed by atoms with van der Waals surface area (Å²) in [6.07, 6.45) is 0. The van der Waals surface area contributed by atoms with Crippen molar-refractivity contribution in [2.75, 3.05) is 11.8 Å². The van der Waals surface area contributed by atoms with Crippen molar-refractivity contribution >= 4 is 39.0 Å². The molecule has 0 aliphatic rings. The van der Waals surface area contributed by atoms with Crippen molar-refractivity contribution in [1.82, 2.24) is 0 Å². The fraction of sp³-hybridized carbons (Fsp3) is 0.133. The van der Waals surface area contributed by atoms with Crippen LogP contribution in [-0.2, 0) is 14.8 Å². The quantitative estimate of drug-likeness (QED) is 0.481. The molecule has 2 rings (SSSR count). The molecule has 0 atom stereocenters. The van der Waals surface area contributed by atoms with Gasteiger partial charge in [-0.25, -0.2) is 13.2 Å². The Hall–Kier alpha value is -2.65. The molecule has 0 heterocycles. The smallest absolute Gasteiger partial charge is 0.338 e. The van der Waals surface area contributed by atoms with Crippen molar-refractivity contribution in [3.63, 3.8) is 0 Å². The monoisotopic (exact) mass is 384 g/mol. The molecule has 0 aliphatic carbocycles. The van der Waals surface area contributed by atoms with Crippen molar-refractivity contribution in [2.45, 2.75) is 11.8 Å². The molecule has 0 saturated carbocycles. The normalized spacial score (nSPS) is 11.0. The highest BCUT2D eigenvalue weighted by Gasteiger charge is 2.21. The van der Waals surface area contributed by atoms with Gasteiger partial charge in [0.25, 0.3) is 15.7 Å². The summed E-state index contributed by atoms with van der Waals surface area (Å²) in [5, 5.41) is 10.8. The number of nitrogens with one attached hydrogen (secondary N) is 1. The van der Waals surface area contributed by atoms with Crippen LogP contribution in [0.5, 0.6) is 0 Å². The minimum atomic E-state index is -4.12. The summed E-state index contributed by atoms with van der Waals surface area (Å²) in [4.78, 5) is 21.7. The van der Waals surface area contributed by atoms with E-state index in [1.54, 1.807) is 6.92 Å². The summed E-state index contributed by atoms with van der Waals surface area (Å²) in [5.41, 5.74) is 0.173. The lowest BCUT2D eigenvalue weighted by molar-refractivity contribution is -0.384. The van der Waals surface area contributed by atoms with Crippen LogP contribution >= 0.6 is 11.6 Å². The molecule has 0 unspecified atom stereocenters. The van der Waals surface area contributed by atoms with Gasteiger partial charge in [-0.3, -0.25) is 14.8 Å². The molecule has 25 heavy (non-hydrogen) atoms. The van der Waals surface area contributed by atoms with Crippen LogP contribution in [0.25, 0.3) is 0 Å². The Morgan fingerprint density at radius 3 is 2.52 bits per heavy atom. The zero-order chi connectivity index (χ0) is 18.8. The van der Waals surface area contributed by atoms with Gasteiger partial charge < -0.3 is 4.74 Å². The first-order valence-electron chi connectivity index (χ1n) is 6.81. The SMILES string of the molecule is COC(=O)c1cc(S(=O)(=O)Nc2cc([N+](=O)[O-])ccc2Cl)ccc1C. The molecule has 0 aromatic heterocycles. The molecule has 0 bridgehead atoms. The van der Waals surface area contributed by atoms with Crippen molar-refractivity contribution < 1.29 is 22.9 Å². The minimum Gasteiger partial charge on any atom is -0.465 e. The summed E-state index contributed by atoms with van der Waals surface area (Å²) < 4.78 is 31.8. The van der Waals surface area contributed by atoms with Crippen LogP contribution in [0.3, 0.4) is 0 Å². The van der Waals surface area contributed by atoms with Gasteiger partial charge in [-0.1, -0.05) is 17.7 Å². The summed E-state index contributed by atoms with van der Waals surface area (Å²) >= 11 is 5.90. The number of halogens is 1. The Morgan fingerprint density at radius 1 is 1.24 bits per heavy atom. The zero-order valence-corrected chi connectivity index (χ0v) is 14.7. The van der Waals surface area contributed by atoms with Crippen LogP contribution < -0.4 is 4.72 Å². The zero-order valence-electron chi connectivity index (χ0n) is 13.1. The van der Waals surface area contributed by atoms with E-state index in [9.17, 15) is 23.3 Å². The molecule has 0 fully saturated rings. The molecule has 0 radical (unpaired) electrons. The minimum absolute atomic E-state index is 0.00511. The Morgan fingerprint density at radius 2 is 1.92 bits per heavy atom. The van der Waals surface area contributed by atoms with Gasteiger partial charge in [0, 0.05) is 12.1 Å². The molecule has 10 heteroatoms. The number of non-ortho nitro benzene ring substituents is 1. The lowest BCUT2D eigenvalue weighted by Gasteiger charge is -2.11. The number of carbonyl (C=O) groups excluding carboxylic acids is 1. The number of carbonyl (C=O) groups is 1. The topological polar surface area (TPSA) is 116 Å². The highest BCUT2D eigenvalue weighted by Crippen LogP contribution is 2.29. The van der Waals surface area contributed by atoms with Crippen LogP contribution in [-0.4, -0.2) is 26.4 Å². The fourth-order valence-corrected chi connectivity index (χ4v) is 3.32. The number of aryl methyl sites for hydroxylation is 1. The molecule has 2 aromatic carbocycles. The number of nitro groups is 1. The van der Waals surface area contributed by atoms with E-state index >= 15 is 0 Å². The third-order valence-electron chi connectivity index (χ3n) is 3.33. The number of anilines is 1. The van der Waals surface area contributed by atoms with Crippen LogP contribution in [0.2, 0.25) is 5.02 Å². The Bertz CT molecular complexity index is 958. The summed E-state index contributed by atoms with van der Waals surface area (Å²) in [6.45, 7) is 1.63. The van der Waals surface area contributed by atoms with Gasteiger partial charge >= 0.3 is 5.97 Å². The second-order valence-corrected chi connectivity index (χ2v) is 7.08. The van der Waals surface area contributed by atoms with Gasteiger partial charge in [0.1, 0.15) is 0 Å². The second-order valence-electron chi connectivity index (χ2n) is 5.00. The van der Waals surface area contributed by atoms with Crippen LogP contribution in [0.15, 0.2) is 41.3 Å². The van der Waals surface area contributed by atoms with Crippen molar-refractivity contribution in [2.24, 2.45) is 0 Å². The molecule has 1 N–H and O–H groups in total. The van der Waals surface area contributed by atoms with Gasteiger partial charge in [-0.2, -0.15) is 0 Å². The third-order valence-corrected chi connectivity index (χ3v) is 5.02. The van der Waals surface area contributed by atoms with E-state index < -0.39 is 20.9 Å². The number of hydrogen-bond donors (Lipinski definition) is 1. The lowest BCUT2D eigenvalue weighted by Crippen LogP contribution is -2.15. The Labute approximate surface area is 148 Å². The maximum Gasteiger partial charge on any atom is 0.338 e. The van der Waals surface area contributed by atoms with Gasteiger partial charge in [0.2, 0.25) is 0 Å². The van der Waals surface area contributed by atoms with Gasteiger partial charge in [0.05, 0.1) is 33.2 Å². The van der Waals surface area contributed by atoms with Crippen molar-refractivity contribution in [1.29, 1.82) is 0 Å². The number of esters is 1. The Balaban J connectivity index is 2.45. The average Bonchev–Trinajstić information content (AvgIpc) is 2.56. The first-order valence-corrected chi connectivity index (χ1v) is 8.67. The predicted octanol–water partition coefficient (Wildman–Crippen LogP) is 3.14. The second kappa shape index (κ2) is 7.08. The molecule has 2 aromatic rings. The number of nitrogens with zero attached hydrogens (tertiary/aromatic N) is 1. The maximum absolute atomic E-state index is 12.5. The number of methoxy groups -OCH3 is 1. The molecular weight excluding hydrogens is 372 g/mol. The standard InChI is InChI=1S/C15H13ClN2O6S/c1-9-3-5-11(8-12(9)15(19)24-2)25(22,23)17-14-7-10(18(20)21)4-6-13(14)16/h3-8,17H,1-2H3. The first-order chi connectivity index (χ1) is 11.7. The lowest BCUT2D eigenvalue weighted by atomic mass is 10.1. The highest BCUT2D eigenvalue weighted by molar-refractivity contribution is 7.92. The molecular formula is C15H13ClN2O6S. The number of hydrogen-bond acceptors (Lipinski definition) is 6. The summed E-state index contributed by atoms with van der Waals surface area (Å²) in [6, 6.07) is 7.29. The van der Waals surface area contributed by atoms with Crippen LogP contribution in [0.4, 0.5) is 11.4 Å². The number of rotatable bonds is 5. The van der Waals surface area contributed by atoms with E-state index in [4.69, 9.17) is 11.6 Å². The van der Waals surface area contributed by atoms with Crippen molar-refractivity contribution in [3.8, 4) is 0 Å². The fourth-order valence-electron chi connectivity index (χ4n) is 2.01. The molecule has 0 aliphatic heterocycles. The van der Waals surface area contributed by atoms with Gasteiger partial charge in [0.15, 0.2) is 0 Å². The first kappa shape index (κ1) is 18.7. The highest BCUT2D eigenvalue weighted by atomic mass is 35.5. The maximum atomic E-state index is 12.5. The summed E-state index contributed by atoms with van der Waals surface area (Å²) in [5.74, 6) is -0.678. The number of benzene rings is 2. The van der Waals surface area contributed by atoms with E-state index in [1.165, 1.54) is 25.3 Å². The van der Waals surface area contributed by atoms with E-state index in [0.717, 1.165) is 18.2 Å². The van der Waals surface area contributed by atoms with Crippen molar-refractivity contribution in [3.05, 3.63) is 62.7 Å². The molecule has 8 nitrogen and oxygen atoms in total. The van der Waals surface area contributed by atoms with E-state index in [1.807, 2.05) is 0 Å². The predicted molar refractivity (Wildman–Crippen MR) is 91.4 cm³/mol. The van der Waals surface area contributed by atoms with Gasteiger partial charge in [-0.05, 0) is 30.7 Å². The molecule has 132 valence electrons. The average molecular weight is 385 g/mol.